The van der Waals surface area contributed by atoms with E-state index in [4.69, 9.17) is 5.11 Å². The summed E-state index contributed by atoms with van der Waals surface area (Å²) in [4.78, 5) is 10.7. The molecule has 0 heterocycles. The molecular weight excluding hydrogens is 279 g/mol. The number of carboxylic acids is 1. The molecule has 0 amide bonds. The Bertz CT molecular complexity index is 778. The van der Waals surface area contributed by atoms with E-state index in [1.54, 1.807) is 18.2 Å². The van der Waals surface area contributed by atoms with Gasteiger partial charge >= 0.3 is 5.97 Å². The normalized spacial score (nSPS) is 11.0. The quantitative estimate of drug-likeness (QED) is 0.529. The summed E-state index contributed by atoms with van der Waals surface area (Å²) in [5, 5.41) is 8.73. The maximum absolute atomic E-state index is 13.7. The van der Waals surface area contributed by atoms with Gasteiger partial charge in [-0.3, -0.25) is 0 Å². The molecule has 22 heavy (non-hydrogen) atoms. The number of halogens is 1. The first-order valence-corrected chi connectivity index (χ1v) is 6.59. The van der Waals surface area contributed by atoms with Crippen LogP contribution in [0, 0.1) is 17.7 Å². The summed E-state index contributed by atoms with van der Waals surface area (Å²) in [7, 11) is 0. The van der Waals surface area contributed by atoms with Crippen LogP contribution >= 0.6 is 0 Å². The van der Waals surface area contributed by atoms with Crippen LogP contribution in [0.3, 0.4) is 0 Å². The van der Waals surface area contributed by atoms with Crippen molar-refractivity contribution in [1.29, 1.82) is 0 Å². The lowest BCUT2D eigenvalue weighted by Gasteiger charge is -1.97. The van der Waals surface area contributed by atoms with Gasteiger partial charge in [0.15, 0.2) is 0 Å². The van der Waals surface area contributed by atoms with Crippen molar-refractivity contribution in [1.82, 2.24) is 0 Å². The highest BCUT2D eigenvalue weighted by Crippen LogP contribution is 2.12. The molecule has 0 saturated heterocycles. The van der Waals surface area contributed by atoms with Crippen molar-refractivity contribution >= 4 is 12.0 Å². The Morgan fingerprint density at radius 2 is 1.68 bits per heavy atom. The molecule has 0 aromatic heterocycles. The van der Waals surface area contributed by atoms with Crippen LogP contribution in [0.1, 0.15) is 11.1 Å². The molecule has 0 radical (unpaired) electrons. The average Bonchev–Trinajstić information content (AvgIpc) is 2.53. The topological polar surface area (TPSA) is 37.3 Å². The summed E-state index contributed by atoms with van der Waals surface area (Å²) >= 11 is 0. The third-order valence-electron chi connectivity index (χ3n) is 2.75. The van der Waals surface area contributed by atoms with E-state index in [1.807, 2.05) is 30.3 Å². The molecule has 2 rings (SSSR count). The van der Waals surface area contributed by atoms with Crippen molar-refractivity contribution in [2.45, 2.75) is 0 Å². The molecule has 1 N–H and O–H groups in total. The van der Waals surface area contributed by atoms with Gasteiger partial charge in [-0.15, -0.1) is 0 Å². The number of carboxylic acid groups (broad SMARTS) is 1. The van der Waals surface area contributed by atoms with Crippen LogP contribution < -0.4 is 0 Å². The van der Waals surface area contributed by atoms with E-state index in [-0.39, 0.29) is 5.82 Å². The van der Waals surface area contributed by atoms with Crippen LogP contribution in [0.15, 0.2) is 72.3 Å². The zero-order chi connectivity index (χ0) is 15.8. The van der Waals surface area contributed by atoms with Crippen molar-refractivity contribution < 1.29 is 14.3 Å². The summed E-state index contributed by atoms with van der Waals surface area (Å²) in [5.74, 6) is 4.32. The van der Waals surface area contributed by atoms with E-state index in [2.05, 4.69) is 11.8 Å². The fourth-order valence-electron chi connectivity index (χ4n) is 1.71. The molecule has 0 spiro atoms. The smallest absolute Gasteiger partial charge is 0.328 e. The molecule has 3 heteroatoms. The second-order valence-corrected chi connectivity index (χ2v) is 4.41. The second-order valence-electron chi connectivity index (χ2n) is 4.41. The Kier molecular flexibility index (Phi) is 5.28. The van der Waals surface area contributed by atoms with Gasteiger partial charge in [0, 0.05) is 22.8 Å². The number of carbonyl (C=O) groups is 1. The highest BCUT2D eigenvalue weighted by atomic mass is 19.1. The first kappa shape index (κ1) is 15.3. The number of hydrogen-bond acceptors (Lipinski definition) is 1. The maximum Gasteiger partial charge on any atom is 0.328 e. The minimum Gasteiger partial charge on any atom is -0.478 e. The molecule has 0 aliphatic heterocycles. The van der Waals surface area contributed by atoms with E-state index in [1.165, 1.54) is 18.2 Å². The predicted octanol–water partition coefficient (Wildman–Crippen LogP) is 3.90. The Hall–Kier alpha value is -3.12. The van der Waals surface area contributed by atoms with Crippen LogP contribution in [0.5, 0.6) is 0 Å². The van der Waals surface area contributed by atoms with Gasteiger partial charge in [-0.1, -0.05) is 48.2 Å². The molecule has 2 nitrogen and oxygen atoms in total. The zero-order valence-electron chi connectivity index (χ0n) is 11.7. The lowest BCUT2D eigenvalue weighted by atomic mass is 10.1. The molecule has 0 bridgehead atoms. The third kappa shape index (κ3) is 4.77. The lowest BCUT2D eigenvalue weighted by molar-refractivity contribution is -0.131. The van der Waals surface area contributed by atoms with Gasteiger partial charge in [0.05, 0.1) is 0 Å². The largest absolute Gasteiger partial charge is 0.478 e. The van der Waals surface area contributed by atoms with E-state index in [9.17, 15) is 9.18 Å². The molecule has 2 aromatic rings. The minimum atomic E-state index is -1.08. The summed E-state index contributed by atoms with van der Waals surface area (Å²) in [6, 6.07) is 15.5. The molecule has 0 saturated carbocycles. The number of aliphatic carboxylic acids is 1. The number of hydrogen-bond donors (Lipinski definition) is 1. The molecule has 0 unspecified atom stereocenters. The number of rotatable bonds is 3. The average molecular weight is 292 g/mol. The van der Waals surface area contributed by atoms with Crippen LogP contribution in [0.4, 0.5) is 4.39 Å². The molecule has 0 fully saturated rings. The molecule has 108 valence electrons. The van der Waals surface area contributed by atoms with Crippen molar-refractivity contribution in [2.75, 3.05) is 0 Å². The summed E-state index contributed by atoms with van der Waals surface area (Å²) in [6.07, 6.45) is 3.85. The molecular formula is C19H13FO2. The van der Waals surface area contributed by atoms with Gasteiger partial charge in [0.1, 0.15) is 5.82 Å². The monoisotopic (exact) mass is 292 g/mol. The minimum absolute atomic E-state index is 0.356. The first-order valence-electron chi connectivity index (χ1n) is 6.59. The zero-order valence-corrected chi connectivity index (χ0v) is 11.7. The molecule has 0 atom stereocenters. The van der Waals surface area contributed by atoms with E-state index in [0.717, 1.165) is 11.6 Å². The summed E-state index contributed by atoms with van der Waals surface area (Å²) in [6.45, 7) is 0. The van der Waals surface area contributed by atoms with Gasteiger partial charge < -0.3 is 5.11 Å². The van der Waals surface area contributed by atoms with Gasteiger partial charge in [-0.2, -0.15) is 0 Å². The highest BCUT2D eigenvalue weighted by Gasteiger charge is 1.98. The molecule has 0 aliphatic rings. The van der Waals surface area contributed by atoms with Gasteiger partial charge in [-0.25, -0.2) is 9.18 Å². The Morgan fingerprint density at radius 3 is 2.36 bits per heavy atom. The summed E-state index contributed by atoms with van der Waals surface area (Å²) in [5.41, 5.74) is 1.57. The molecule has 2 aromatic carbocycles. The Balaban J connectivity index is 2.38. The van der Waals surface area contributed by atoms with Crippen LogP contribution in [-0.2, 0) is 4.79 Å². The van der Waals surface area contributed by atoms with E-state index in [0.29, 0.717) is 11.1 Å². The van der Waals surface area contributed by atoms with Crippen molar-refractivity contribution in [3.63, 3.8) is 0 Å². The fourth-order valence-corrected chi connectivity index (χ4v) is 1.71. The Labute approximate surface area is 128 Å². The predicted molar refractivity (Wildman–Crippen MR) is 84.5 cm³/mol. The standard InChI is InChI=1S/C19H13FO2/c20-18-9-5-4-8-17(18)14-16(12-13-19(21)22)11-10-15-6-2-1-3-7-15/h1-9,12-14H,(H,21,22)/b13-12-,16-14+. The third-order valence-corrected chi connectivity index (χ3v) is 2.75. The van der Waals surface area contributed by atoms with Crippen molar-refractivity contribution in [3.8, 4) is 11.8 Å². The van der Waals surface area contributed by atoms with E-state index < -0.39 is 5.97 Å². The van der Waals surface area contributed by atoms with Crippen LogP contribution in [-0.4, -0.2) is 11.1 Å². The van der Waals surface area contributed by atoms with Crippen molar-refractivity contribution in [2.24, 2.45) is 0 Å². The van der Waals surface area contributed by atoms with Gasteiger partial charge in [0.2, 0.25) is 0 Å². The van der Waals surface area contributed by atoms with Crippen LogP contribution in [0.2, 0.25) is 0 Å². The van der Waals surface area contributed by atoms with Gasteiger partial charge in [0.25, 0.3) is 0 Å². The molecule has 0 aliphatic carbocycles. The lowest BCUT2D eigenvalue weighted by Crippen LogP contribution is -1.87. The summed E-state index contributed by atoms with van der Waals surface area (Å²) < 4.78 is 13.7. The Morgan fingerprint density at radius 1 is 1.00 bits per heavy atom. The van der Waals surface area contributed by atoms with Crippen LogP contribution in [0.25, 0.3) is 6.08 Å². The van der Waals surface area contributed by atoms with Gasteiger partial charge in [-0.05, 0) is 30.4 Å². The number of benzene rings is 2. The maximum atomic E-state index is 13.7. The van der Waals surface area contributed by atoms with Crippen molar-refractivity contribution in [3.05, 3.63) is 89.3 Å². The first-order chi connectivity index (χ1) is 10.6. The SMILES string of the molecule is O=C(O)/C=C\C(C#Cc1ccccc1)=C\c1ccccc1F. The highest BCUT2D eigenvalue weighted by molar-refractivity contribution is 5.81. The second kappa shape index (κ2) is 7.61. The van der Waals surface area contributed by atoms with E-state index >= 15 is 0 Å². The number of allylic oxidation sites excluding steroid dienone is 2. The fraction of sp³-hybridized carbons (Fsp3) is 0.